The van der Waals surface area contributed by atoms with E-state index < -0.39 is 27.7 Å². The smallest absolute Gasteiger partial charge is 0.319 e. The Balaban J connectivity index is 1.99. The fraction of sp³-hybridized carbons (Fsp3) is 0.0714. The molecule has 2 aromatic rings. The Labute approximate surface area is 131 Å². The van der Waals surface area contributed by atoms with Crippen LogP contribution in [0.5, 0.6) is 0 Å². The third kappa shape index (κ3) is 4.73. The molecule has 2 amide bonds. The molecular formula is C14H13F2N3O3S. The molecule has 0 spiro atoms. The Morgan fingerprint density at radius 2 is 1.87 bits per heavy atom. The van der Waals surface area contributed by atoms with Crippen LogP contribution in [0.4, 0.5) is 19.3 Å². The Bertz CT molecular complexity index is 841. The third-order valence-corrected chi connectivity index (χ3v) is 3.77. The molecule has 9 heteroatoms. The van der Waals surface area contributed by atoms with E-state index in [-0.39, 0.29) is 17.1 Å². The number of nitrogens with one attached hydrogen (secondary N) is 2. The van der Waals surface area contributed by atoms with Gasteiger partial charge in [-0.05, 0) is 29.8 Å². The summed E-state index contributed by atoms with van der Waals surface area (Å²) in [6, 6.07) is 7.73. The Hall–Kier alpha value is -2.52. The lowest BCUT2D eigenvalue weighted by Gasteiger charge is -2.09. The van der Waals surface area contributed by atoms with Gasteiger partial charge in [-0.1, -0.05) is 12.1 Å². The minimum absolute atomic E-state index is 0.00198. The van der Waals surface area contributed by atoms with Crippen LogP contribution in [0.3, 0.4) is 0 Å². The molecule has 0 atom stereocenters. The number of halogens is 2. The predicted octanol–water partition coefficient (Wildman–Crippen LogP) is 1.93. The first-order valence-electron chi connectivity index (χ1n) is 6.37. The molecule has 6 nitrogen and oxygen atoms in total. The number of amides is 2. The van der Waals surface area contributed by atoms with Crippen molar-refractivity contribution < 1.29 is 22.0 Å². The number of sulfonamides is 1. The zero-order chi connectivity index (χ0) is 17.0. The molecule has 0 heterocycles. The summed E-state index contributed by atoms with van der Waals surface area (Å²) < 4.78 is 48.6. The standard InChI is InChI=1S/C14H13F2N3O3S/c15-10-4-5-13(12(16)7-10)19-14(20)18-8-9-2-1-3-11(6-9)23(17,21)22/h1-7H,8H2,(H2,17,21,22)(H2,18,19,20). The van der Waals surface area contributed by atoms with Crippen LogP contribution < -0.4 is 15.8 Å². The first kappa shape index (κ1) is 16.8. The summed E-state index contributed by atoms with van der Waals surface area (Å²) in [6.45, 7) is -0.00198. The van der Waals surface area contributed by atoms with Gasteiger partial charge in [0.1, 0.15) is 11.6 Å². The lowest BCUT2D eigenvalue weighted by molar-refractivity contribution is 0.251. The average molecular weight is 341 g/mol. The van der Waals surface area contributed by atoms with Crippen LogP contribution in [0.15, 0.2) is 47.4 Å². The van der Waals surface area contributed by atoms with Gasteiger partial charge in [-0.3, -0.25) is 0 Å². The molecule has 0 saturated heterocycles. The molecule has 4 N–H and O–H groups in total. The topological polar surface area (TPSA) is 101 Å². The number of carbonyl (C=O) groups is 1. The number of benzene rings is 2. The molecule has 122 valence electrons. The van der Waals surface area contributed by atoms with Crippen molar-refractivity contribution in [1.29, 1.82) is 0 Å². The van der Waals surface area contributed by atoms with Crippen LogP contribution in [-0.2, 0) is 16.6 Å². The van der Waals surface area contributed by atoms with Crippen molar-refractivity contribution in [3.8, 4) is 0 Å². The molecular weight excluding hydrogens is 328 g/mol. The minimum atomic E-state index is -3.84. The van der Waals surface area contributed by atoms with Gasteiger partial charge in [0.2, 0.25) is 10.0 Å². The maximum absolute atomic E-state index is 13.4. The van der Waals surface area contributed by atoms with Gasteiger partial charge < -0.3 is 10.6 Å². The van der Waals surface area contributed by atoms with Gasteiger partial charge in [-0.2, -0.15) is 0 Å². The highest BCUT2D eigenvalue weighted by atomic mass is 32.2. The molecule has 0 radical (unpaired) electrons. The van der Waals surface area contributed by atoms with E-state index in [0.29, 0.717) is 11.6 Å². The van der Waals surface area contributed by atoms with Crippen molar-refractivity contribution in [2.24, 2.45) is 5.14 Å². The molecule has 0 aromatic heterocycles. The lowest BCUT2D eigenvalue weighted by Crippen LogP contribution is -2.28. The van der Waals surface area contributed by atoms with Gasteiger partial charge in [0, 0.05) is 12.6 Å². The number of nitrogens with two attached hydrogens (primary N) is 1. The quantitative estimate of drug-likeness (QED) is 0.792. The van der Waals surface area contributed by atoms with Crippen molar-refractivity contribution in [3.63, 3.8) is 0 Å². The van der Waals surface area contributed by atoms with E-state index in [0.717, 1.165) is 12.1 Å². The van der Waals surface area contributed by atoms with Crippen LogP contribution in [0.1, 0.15) is 5.56 Å². The largest absolute Gasteiger partial charge is 0.334 e. The first-order chi connectivity index (χ1) is 10.8. The van der Waals surface area contributed by atoms with Gasteiger partial charge in [0.05, 0.1) is 10.6 Å². The predicted molar refractivity (Wildman–Crippen MR) is 80.0 cm³/mol. The molecule has 23 heavy (non-hydrogen) atoms. The number of primary sulfonamides is 1. The van der Waals surface area contributed by atoms with Crippen LogP contribution in [0.25, 0.3) is 0 Å². The van der Waals surface area contributed by atoms with E-state index in [9.17, 15) is 22.0 Å². The lowest BCUT2D eigenvalue weighted by atomic mass is 10.2. The molecule has 2 rings (SSSR count). The monoisotopic (exact) mass is 341 g/mol. The molecule has 0 aliphatic carbocycles. The Kier molecular flexibility index (Phi) is 4.92. The number of carbonyl (C=O) groups excluding carboxylic acids is 1. The zero-order valence-corrected chi connectivity index (χ0v) is 12.5. The van der Waals surface area contributed by atoms with Gasteiger partial charge in [-0.15, -0.1) is 0 Å². The normalized spacial score (nSPS) is 11.1. The van der Waals surface area contributed by atoms with Crippen molar-refractivity contribution in [1.82, 2.24) is 5.32 Å². The van der Waals surface area contributed by atoms with Gasteiger partial charge >= 0.3 is 6.03 Å². The summed E-state index contributed by atoms with van der Waals surface area (Å²) in [5, 5.41) is 9.65. The van der Waals surface area contributed by atoms with Crippen molar-refractivity contribution in [3.05, 3.63) is 59.7 Å². The number of anilines is 1. The summed E-state index contributed by atoms with van der Waals surface area (Å²) in [4.78, 5) is 11.6. The minimum Gasteiger partial charge on any atom is -0.334 e. The maximum Gasteiger partial charge on any atom is 0.319 e. The highest BCUT2D eigenvalue weighted by molar-refractivity contribution is 7.89. The number of urea groups is 1. The third-order valence-electron chi connectivity index (χ3n) is 2.86. The second-order valence-corrected chi connectivity index (χ2v) is 6.19. The fourth-order valence-corrected chi connectivity index (χ4v) is 2.36. The number of rotatable bonds is 4. The van der Waals surface area contributed by atoms with Crippen LogP contribution in [-0.4, -0.2) is 14.4 Å². The number of hydrogen-bond acceptors (Lipinski definition) is 3. The summed E-state index contributed by atoms with van der Waals surface area (Å²) in [6.07, 6.45) is 0. The van der Waals surface area contributed by atoms with E-state index in [4.69, 9.17) is 5.14 Å². The second kappa shape index (κ2) is 6.71. The molecule has 0 aliphatic heterocycles. The van der Waals surface area contributed by atoms with E-state index in [1.54, 1.807) is 6.07 Å². The van der Waals surface area contributed by atoms with Gasteiger partial charge in [-0.25, -0.2) is 27.1 Å². The van der Waals surface area contributed by atoms with Gasteiger partial charge in [0.25, 0.3) is 0 Å². The highest BCUT2D eigenvalue weighted by Crippen LogP contribution is 2.15. The molecule has 0 aliphatic rings. The first-order valence-corrected chi connectivity index (χ1v) is 7.92. The fourth-order valence-electron chi connectivity index (χ4n) is 1.77. The molecule has 0 bridgehead atoms. The van der Waals surface area contributed by atoms with Crippen LogP contribution >= 0.6 is 0 Å². The summed E-state index contributed by atoms with van der Waals surface area (Å²) in [5.74, 6) is -1.66. The average Bonchev–Trinajstić information content (AvgIpc) is 2.47. The summed E-state index contributed by atoms with van der Waals surface area (Å²) in [7, 11) is -3.84. The molecule has 0 unspecified atom stereocenters. The Morgan fingerprint density at radius 1 is 1.13 bits per heavy atom. The van der Waals surface area contributed by atoms with E-state index in [1.165, 1.54) is 18.2 Å². The molecule has 0 saturated carbocycles. The van der Waals surface area contributed by atoms with E-state index >= 15 is 0 Å². The maximum atomic E-state index is 13.4. The summed E-state index contributed by atoms with van der Waals surface area (Å²) >= 11 is 0. The second-order valence-electron chi connectivity index (χ2n) is 4.62. The van der Waals surface area contributed by atoms with Crippen LogP contribution in [0.2, 0.25) is 0 Å². The van der Waals surface area contributed by atoms with Crippen molar-refractivity contribution in [2.75, 3.05) is 5.32 Å². The number of hydrogen-bond donors (Lipinski definition) is 3. The van der Waals surface area contributed by atoms with Crippen molar-refractivity contribution >= 4 is 21.7 Å². The molecule has 0 fully saturated rings. The van der Waals surface area contributed by atoms with Gasteiger partial charge in [0.15, 0.2) is 0 Å². The SMILES string of the molecule is NS(=O)(=O)c1cccc(CNC(=O)Nc2ccc(F)cc2F)c1. The Morgan fingerprint density at radius 3 is 2.52 bits per heavy atom. The zero-order valence-electron chi connectivity index (χ0n) is 11.7. The van der Waals surface area contributed by atoms with E-state index in [1.807, 2.05) is 0 Å². The van der Waals surface area contributed by atoms with E-state index in [2.05, 4.69) is 10.6 Å². The summed E-state index contributed by atoms with van der Waals surface area (Å²) in [5.41, 5.74) is 0.313. The van der Waals surface area contributed by atoms with Crippen molar-refractivity contribution in [2.45, 2.75) is 11.4 Å². The van der Waals surface area contributed by atoms with Crippen LogP contribution in [0, 0.1) is 11.6 Å². The highest BCUT2D eigenvalue weighted by Gasteiger charge is 2.10. The molecule has 2 aromatic carbocycles.